The lowest BCUT2D eigenvalue weighted by Crippen LogP contribution is -2.10. The number of nitro groups is 1. The largest absolute Gasteiger partial charge is 0.478 e. The van der Waals surface area contributed by atoms with E-state index in [4.69, 9.17) is 5.11 Å². The SMILES string of the molecule is CCCCCCNc1c(C(=O)O)cccc1[N+](=O)[O-]. The Morgan fingerprint density at radius 3 is 2.68 bits per heavy atom. The Hall–Kier alpha value is -2.11. The van der Waals surface area contributed by atoms with E-state index in [-0.39, 0.29) is 16.9 Å². The van der Waals surface area contributed by atoms with Crippen LogP contribution in [-0.4, -0.2) is 22.5 Å². The van der Waals surface area contributed by atoms with Gasteiger partial charge in [0.05, 0.1) is 10.5 Å². The summed E-state index contributed by atoms with van der Waals surface area (Å²) in [7, 11) is 0. The Balaban J connectivity index is 2.83. The van der Waals surface area contributed by atoms with E-state index in [0.29, 0.717) is 6.54 Å². The molecule has 0 radical (unpaired) electrons. The third kappa shape index (κ3) is 4.24. The van der Waals surface area contributed by atoms with Crippen LogP contribution in [0.25, 0.3) is 0 Å². The average Bonchev–Trinajstić information content (AvgIpc) is 2.38. The van der Waals surface area contributed by atoms with E-state index in [9.17, 15) is 14.9 Å². The number of aromatic carboxylic acids is 1. The van der Waals surface area contributed by atoms with E-state index in [1.165, 1.54) is 18.2 Å². The summed E-state index contributed by atoms with van der Waals surface area (Å²) in [6, 6.07) is 4.05. The molecule has 19 heavy (non-hydrogen) atoms. The molecule has 2 N–H and O–H groups in total. The molecule has 0 fully saturated rings. The number of carbonyl (C=O) groups is 1. The van der Waals surface area contributed by atoms with Gasteiger partial charge in [0.25, 0.3) is 5.69 Å². The van der Waals surface area contributed by atoms with E-state index >= 15 is 0 Å². The van der Waals surface area contributed by atoms with Crippen molar-refractivity contribution in [1.82, 2.24) is 0 Å². The lowest BCUT2D eigenvalue weighted by Gasteiger charge is -2.09. The molecule has 0 aliphatic carbocycles. The number of nitrogens with zero attached hydrogens (tertiary/aromatic N) is 1. The first-order chi connectivity index (χ1) is 9.07. The highest BCUT2D eigenvalue weighted by molar-refractivity contribution is 5.96. The molecule has 6 heteroatoms. The van der Waals surface area contributed by atoms with Crippen LogP contribution in [0.4, 0.5) is 11.4 Å². The van der Waals surface area contributed by atoms with Crippen LogP contribution >= 0.6 is 0 Å². The monoisotopic (exact) mass is 266 g/mol. The van der Waals surface area contributed by atoms with Gasteiger partial charge in [-0.15, -0.1) is 0 Å². The molecule has 1 aromatic rings. The number of carboxylic acid groups (broad SMARTS) is 1. The van der Waals surface area contributed by atoms with E-state index in [1.807, 2.05) is 0 Å². The standard InChI is InChI=1S/C13H18N2O4/c1-2-3-4-5-9-14-12-10(13(16)17)7-6-8-11(12)15(18)19/h6-8,14H,2-5,9H2,1H3,(H,16,17). The van der Waals surface area contributed by atoms with Crippen LogP contribution in [0.3, 0.4) is 0 Å². The fraction of sp³-hybridized carbons (Fsp3) is 0.462. The fourth-order valence-electron chi connectivity index (χ4n) is 1.82. The second-order valence-corrected chi connectivity index (χ2v) is 4.25. The van der Waals surface area contributed by atoms with Crippen molar-refractivity contribution in [2.75, 3.05) is 11.9 Å². The number of hydrogen-bond acceptors (Lipinski definition) is 4. The van der Waals surface area contributed by atoms with Gasteiger partial charge in [0.1, 0.15) is 5.69 Å². The van der Waals surface area contributed by atoms with Crippen molar-refractivity contribution in [1.29, 1.82) is 0 Å². The van der Waals surface area contributed by atoms with Crippen LogP contribution in [0.2, 0.25) is 0 Å². The van der Waals surface area contributed by atoms with Gasteiger partial charge in [0.2, 0.25) is 0 Å². The van der Waals surface area contributed by atoms with Crippen molar-refractivity contribution in [2.24, 2.45) is 0 Å². The second-order valence-electron chi connectivity index (χ2n) is 4.25. The highest BCUT2D eigenvalue weighted by Crippen LogP contribution is 2.28. The fourth-order valence-corrected chi connectivity index (χ4v) is 1.82. The van der Waals surface area contributed by atoms with Gasteiger partial charge >= 0.3 is 5.97 Å². The predicted octanol–water partition coefficient (Wildman–Crippen LogP) is 3.29. The van der Waals surface area contributed by atoms with Gasteiger partial charge in [0, 0.05) is 12.6 Å². The zero-order chi connectivity index (χ0) is 14.3. The summed E-state index contributed by atoms with van der Waals surface area (Å²) in [5, 5.41) is 22.8. The number of hydrogen-bond donors (Lipinski definition) is 2. The zero-order valence-electron chi connectivity index (χ0n) is 10.9. The summed E-state index contributed by atoms with van der Waals surface area (Å²) in [4.78, 5) is 21.4. The summed E-state index contributed by atoms with van der Waals surface area (Å²) in [5.41, 5.74) is -0.170. The van der Waals surface area contributed by atoms with Gasteiger partial charge < -0.3 is 10.4 Å². The first-order valence-corrected chi connectivity index (χ1v) is 6.32. The number of para-hydroxylation sites is 1. The second kappa shape index (κ2) is 7.35. The van der Waals surface area contributed by atoms with Crippen LogP contribution in [-0.2, 0) is 0 Å². The first kappa shape index (κ1) is 14.9. The van der Waals surface area contributed by atoms with Crippen molar-refractivity contribution in [3.8, 4) is 0 Å². The minimum absolute atomic E-state index is 0.0651. The smallest absolute Gasteiger partial charge is 0.338 e. The molecule has 0 spiro atoms. The van der Waals surface area contributed by atoms with Crippen molar-refractivity contribution in [3.63, 3.8) is 0 Å². The molecule has 0 amide bonds. The number of unbranched alkanes of at least 4 members (excludes halogenated alkanes) is 3. The van der Waals surface area contributed by atoms with Gasteiger partial charge in [-0.25, -0.2) is 4.79 Å². The van der Waals surface area contributed by atoms with Gasteiger partial charge in [-0.1, -0.05) is 32.3 Å². The molecule has 6 nitrogen and oxygen atoms in total. The van der Waals surface area contributed by atoms with E-state index in [1.54, 1.807) is 0 Å². The van der Waals surface area contributed by atoms with Crippen molar-refractivity contribution in [3.05, 3.63) is 33.9 Å². The van der Waals surface area contributed by atoms with E-state index < -0.39 is 10.9 Å². The molecule has 0 bridgehead atoms. The molecular weight excluding hydrogens is 248 g/mol. The first-order valence-electron chi connectivity index (χ1n) is 6.32. The lowest BCUT2D eigenvalue weighted by molar-refractivity contribution is -0.384. The highest BCUT2D eigenvalue weighted by atomic mass is 16.6. The van der Waals surface area contributed by atoms with E-state index in [2.05, 4.69) is 12.2 Å². The molecule has 0 aliphatic heterocycles. The maximum absolute atomic E-state index is 11.1. The van der Waals surface area contributed by atoms with Crippen molar-refractivity contribution < 1.29 is 14.8 Å². The van der Waals surface area contributed by atoms with Gasteiger partial charge in [-0.2, -0.15) is 0 Å². The number of carboxylic acids is 1. The Labute approximate surface area is 111 Å². The third-order valence-electron chi connectivity index (χ3n) is 2.80. The molecule has 104 valence electrons. The zero-order valence-corrected chi connectivity index (χ0v) is 10.9. The topological polar surface area (TPSA) is 92.5 Å². The Bertz CT molecular complexity index is 428. The Morgan fingerprint density at radius 1 is 1.37 bits per heavy atom. The quantitative estimate of drug-likeness (QED) is 0.428. The van der Waals surface area contributed by atoms with Crippen LogP contribution in [0.1, 0.15) is 43.0 Å². The Kier molecular flexibility index (Phi) is 5.78. The normalized spacial score (nSPS) is 10.2. The number of nitrogens with one attached hydrogen (secondary N) is 1. The third-order valence-corrected chi connectivity index (χ3v) is 2.80. The molecule has 0 aromatic heterocycles. The molecule has 0 atom stereocenters. The van der Waals surface area contributed by atoms with Gasteiger partial charge in [-0.05, 0) is 12.5 Å². The predicted molar refractivity (Wildman–Crippen MR) is 72.7 cm³/mol. The molecule has 0 aliphatic rings. The molecule has 0 unspecified atom stereocenters. The van der Waals surface area contributed by atoms with Crippen molar-refractivity contribution in [2.45, 2.75) is 32.6 Å². The molecular formula is C13H18N2O4. The molecule has 1 aromatic carbocycles. The summed E-state index contributed by atoms with van der Waals surface area (Å²) in [6.07, 6.45) is 4.09. The number of nitro benzene ring substituents is 1. The van der Waals surface area contributed by atoms with Crippen LogP contribution < -0.4 is 5.32 Å². The number of rotatable bonds is 8. The highest BCUT2D eigenvalue weighted by Gasteiger charge is 2.20. The van der Waals surface area contributed by atoms with Crippen LogP contribution in [0.15, 0.2) is 18.2 Å². The molecule has 1 rings (SSSR count). The van der Waals surface area contributed by atoms with Gasteiger partial charge in [-0.3, -0.25) is 10.1 Å². The Morgan fingerprint density at radius 2 is 2.11 bits per heavy atom. The maximum atomic E-state index is 11.1. The lowest BCUT2D eigenvalue weighted by atomic mass is 10.1. The van der Waals surface area contributed by atoms with Crippen molar-refractivity contribution >= 4 is 17.3 Å². The van der Waals surface area contributed by atoms with Gasteiger partial charge in [0.15, 0.2) is 0 Å². The molecule has 0 heterocycles. The number of benzene rings is 1. The molecule has 0 saturated heterocycles. The minimum Gasteiger partial charge on any atom is -0.478 e. The summed E-state index contributed by atoms with van der Waals surface area (Å²) in [5.74, 6) is -1.17. The van der Waals surface area contributed by atoms with E-state index in [0.717, 1.165) is 25.7 Å². The molecule has 0 saturated carbocycles. The summed E-state index contributed by atoms with van der Waals surface area (Å²) in [6.45, 7) is 2.63. The summed E-state index contributed by atoms with van der Waals surface area (Å²) < 4.78 is 0. The summed E-state index contributed by atoms with van der Waals surface area (Å²) >= 11 is 0. The minimum atomic E-state index is -1.17. The van der Waals surface area contributed by atoms with Crippen LogP contribution in [0, 0.1) is 10.1 Å². The maximum Gasteiger partial charge on any atom is 0.338 e. The van der Waals surface area contributed by atoms with Crippen LogP contribution in [0.5, 0.6) is 0 Å². The number of anilines is 1. The average molecular weight is 266 g/mol.